The number of benzene rings is 1. The average molecular weight is 481 g/mol. The summed E-state index contributed by atoms with van der Waals surface area (Å²) in [5, 5.41) is 14.8. The van der Waals surface area contributed by atoms with Gasteiger partial charge in [0.25, 0.3) is 0 Å². The lowest BCUT2D eigenvalue weighted by Crippen LogP contribution is -2.19. The Morgan fingerprint density at radius 1 is 1.24 bits per heavy atom. The summed E-state index contributed by atoms with van der Waals surface area (Å²) in [6.07, 6.45) is 4.86. The Morgan fingerprint density at radius 3 is 2.91 bits per heavy atom. The van der Waals surface area contributed by atoms with E-state index in [2.05, 4.69) is 26.6 Å². The minimum atomic E-state index is -0.404. The van der Waals surface area contributed by atoms with E-state index in [-0.39, 0.29) is 19.0 Å². The zero-order valence-corrected chi connectivity index (χ0v) is 19.1. The Balaban J connectivity index is 1.33. The molecule has 33 heavy (non-hydrogen) atoms. The molecule has 7 nitrogen and oxygen atoms in total. The Kier molecular flexibility index (Phi) is 5.65. The SMILES string of the molecule is Cc1nn(CC(=O)Nc2cnn(Cc3c(F)cccc3Cl)c2)c2nccc(-c3cccs3)c12. The normalized spacial score (nSPS) is 11.2. The van der Waals surface area contributed by atoms with Crippen molar-refractivity contribution in [2.24, 2.45) is 0 Å². The van der Waals surface area contributed by atoms with Gasteiger partial charge in [-0.3, -0.25) is 9.48 Å². The molecule has 5 aromatic rings. The van der Waals surface area contributed by atoms with Gasteiger partial charge < -0.3 is 5.32 Å². The highest BCUT2D eigenvalue weighted by Gasteiger charge is 2.17. The molecule has 0 saturated heterocycles. The number of anilines is 1. The third-order valence-corrected chi connectivity index (χ3v) is 6.44. The molecular weight excluding hydrogens is 463 g/mol. The van der Waals surface area contributed by atoms with Gasteiger partial charge in [-0.1, -0.05) is 23.7 Å². The molecule has 0 bridgehead atoms. The number of hydrogen-bond donors (Lipinski definition) is 1. The van der Waals surface area contributed by atoms with E-state index in [1.807, 2.05) is 24.4 Å². The van der Waals surface area contributed by atoms with Gasteiger partial charge in [0.15, 0.2) is 5.65 Å². The summed E-state index contributed by atoms with van der Waals surface area (Å²) in [6.45, 7) is 2.06. The predicted octanol–water partition coefficient (Wildman–Crippen LogP) is 5.14. The van der Waals surface area contributed by atoms with E-state index in [0.717, 1.165) is 21.5 Å². The molecule has 0 spiro atoms. The number of fused-ring (bicyclic) bond motifs is 1. The number of aryl methyl sites for hydroxylation is 1. The van der Waals surface area contributed by atoms with E-state index in [4.69, 9.17) is 11.6 Å². The smallest absolute Gasteiger partial charge is 0.246 e. The summed E-state index contributed by atoms with van der Waals surface area (Å²) in [5.74, 6) is -0.676. The maximum atomic E-state index is 14.0. The zero-order valence-electron chi connectivity index (χ0n) is 17.5. The van der Waals surface area contributed by atoms with E-state index in [9.17, 15) is 9.18 Å². The summed E-state index contributed by atoms with van der Waals surface area (Å²) in [5.41, 5.74) is 3.34. The standard InChI is InChI=1S/C23H18ClFN6OS/c1-14-22-16(20-6-3-9-33-20)7-8-26-23(22)31(29-14)13-21(32)28-15-10-27-30(11-15)12-17-18(24)4-2-5-19(17)25/h2-11H,12-13H2,1H3,(H,28,32). The summed E-state index contributed by atoms with van der Waals surface area (Å²) in [4.78, 5) is 18.3. The van der Waals surface area contributed by atoms with Gasteiger partial charge in [0.2, 0.25) is 5.91 Å². The molecule has 1 N–H and O–H groups in total. The van der Waals surface area contributed by atoms with Gasteiger partial charge in [-0.05, 0) is 36.6 Å². The number of thiophene rings is 1. The predicted molar refractivity (Wildman–Crippen MR) is 127 cm³/mol. The third-order valence-electron chi connectivity index (χ3n) is 5.19. The molecule has 166 valence electrons. The van der Waals surface area contributed by atoms with E-state index in [1.165, 1.54) is 16.9 Å². The van der Waals surface area contributed by atoms with Crippen molar-refractivity contribution in [1.82, 2.24) is 24.5 Å². The number of halogens is 2. The molecule has 0 saturated carbocycles. The quantitative estimate of drug-likeness (QED) is 0.365. The fourth-order valence-electron chi connectivity index (χ4n) is 3.73. The molecule has 0 aliphatic heterocycles. The first-order chi connectivity index (χ1) is 16.0. The molecular formula is C23H18ClFN6OS. The van der Waals surface area contributed by atoms with Crippen LogP contribution in [0.15, 0.2) is 60.4 Å². The Morgan fingerprint density at radius 2 is 2.12 bits per heavy atom. The molecule has 0 radical (unpaired) electrons. The number of nitrogens with zero attached hydrogens (tertiary/aromatic N) is 5. The summed E-state index contributed by atoms with van der Waals surface area (Å²) in [7, 11) is 0. The molecule has 0 aliphatic rings. The van der Waals surface area contributed by atoms with Crippen molar-refractivity contribution in [2.75, 3.05) is 5.32 Å². The van der Waals surface area contributed by atoms with Gasteiger partial charge >= 0.3 is 0 Å². The topological polar surface area (TPSA) is 77.6 Å². The van der Waals surface area contributed by atoms with Gasteiger partial charge in [0.05, 0.1) is 29.5 Å². The lowest BCUT2D eigenvalue weighted by molar-refractivity contribution is -0.116. The maximum Gasteiger partial charge on any atom is 0.246 e. The maximum absolute atomic E-state index is 14.0. The Bertz CT molecular complexity index is 1440. The zero-order chi connectivity index (χ0) is 22.9. The van der Waals surface area contributed by atoms with Crippen molar-refractivity contribution in [1.29, 1.82) is 0 Å². The molecule has 5 rings (SSSR count). The molecule has 1 amide bonds. The van der Waals surface area contributed by atoms with Crippen LogP contribution in [0, 0.1) is 12.7 Å². The van der Waals surface area contributed by atoms with Crippen molar-refractivity contribution in [3.63, 3.8) is 0 Å². The average Bonchev–Trinajstić information content (AvgIpc) is 3.53. The molecule has 0 fully saturated rings. The molecule has 0 atom stereocenters. The first-order valence-corrected chi connectivity index (χ1v) is 11.4. The lowest BCUT2D eigenvalue weighted by Gasteiger charge is -2.06. The van der Waals surface area contributed by atoms with Crippen molar-refractivity contribution in [3.05, 3.63) is 82.5 Å². The van der Waals surface area contributed by atoms with Crippen LogP contribution < -0.4 is 5.32 Å². The summed E-state index contributed by atoms with van der Waals surface area (Å²) < 4.78 is 17.1. The molecule has 0 unspecified atom stereocenters. The van der Waals surface area contributed by atoms with Crippen molar-refractivity contribution < 1.29 is 9.18 Å². The van der Waals surface area contributed by atoms with Crippen LogP contribution in [0.2, 0.25) is 5.02 Å². The minimum absolute atomic E-state index is 0.00441. The first-order valence-electron chi connectivity index (χ1n) is 10.1. The number of nitrogens with one attached hydrogen (secondary N) is 1. The van der Waals surface area contributed by atoms with E-state index >= 15 is 0 Å². The van der Waals surface area contributed by atoms with Crippen LogP contribution in [0.5, 0.6) is 0 Å². The highest BCUT2D eigenvalue weighted by Crippen LogP contribution is 2.32. The van der Waals surface area contributed by atoms with Gasteiger partial charge in [0, 0.05) is 33.4 Å². The van der Waals surface area contributed by atoms with Crippen LogP contribution in [0.25, 0.3) is 21.5 Å². The number of amides is 1. The first kappa shape index (κ1) is 21.3. The number of hydrogen-bond acceptors (Lipinski definition) is 5. The van der Waals surface area contributed by atoms with Crippen LogP contribution in [0.1, 0.15) is 11.3 Å². The third kappa shape index (κ3) is 4.24. The van der Waals surface area contributed by atoms with Gasteiger partial charge in [-0.15, -0.1) is 11.3 Å². The van der Waals surface area contributed by atoms with Crippen LogP contribution in [0.4, 0.5) is 10.1 Å². The summed E-state index contributed by atoms with van der Waals surface area (Å²) in [6, 6.07) is 10.5. The molecule has 4 heterocycles. The number of carbonyl (C=O) groups is 1. The number of pyridine rings is 1. The molecule has 4 aromatic heterocycles. The van der Waals surface area contributed by atoms with Crippen molar-refractivity contribution >= 4 is 45.6 Å². The fourth-order valence-corrected chi connectivity index (χ4v) is 4.71. The lowest BCUT2D eigenvalue weighted by atomic mass is 10.1. The molecule has 0 aliphatic carbocycles. The van der Waals surface area contributed by atoms with Gasteiger partial charge in [-0.2, -0.15) is 10.2 Å². The number of carbonyl (C=O) groups excluding carboxylic acids is 1. The van der Waals surface area contributed by atoms with E-state index < -0.39 is 5.82 Å². The summed E-state index contributed by atoms with van der Waals surface area (Å²) >= 11 is 7.73. The number of aromatic nitrogens is 5. The van der Waals surface area contributed by atoms with Crippen molar-refractivity contribution in [2.45, 2.75) is 20.0 Å². The van der Waals surface area contributed by atoms with Gasteiger partial charge in [0.1, 0.15) is 12.4 Å². The van der Waals surface area contributed by atoms with Crippen LogP contribution in [0.3, 0.4) is 0 Å². The van der Waals surface area contributed by atoms with Crippen LogP contribution >= 0.6 is 22.9 Å². The molecule has 10 heteroatoms. The second-order valence-corrected chi connectivity index (χ2v) is 8.81. The van der Waals surface area contributed by atoms with Gasteiger partial charge in [-0.25, -0.2) is 14.1 Å². The highest BCUT2D eigenvalue weighted by molar-refractivity contribution is 7.13. The van der Waals surface area contributed by atoms with Crippen LogP contribution in [-0.2, 0) is 17.9 Å². The van der Waals surface area contributed by atoms with E-state index in [1.54, 1.807) is 40.5 Å². The van der Waals surface area contributed by atoms with Crippen LogP contribution in [-0.4, -0.2) is 30.5 Å². The monoisotopic (exact) mass is 480 g/mol. The minimum Gasteiger partial charge on any atom is -0.322 e. The van der Waals surface area contributed by atoms with E-state index in [0.29, 0.717) is 21.9 Å². The highest BCUT2D eigenvalue weighted by atomic mass is 35.5. The second kappa shape index (κ2) is 8.76. The second-order valence-electron chi connectivity index (χ2n) is 7.45. The largest absolute Gasteiger partial charge is 0.322 e. The Labute approximate surface area is 197 Å². The Hall–Kier alpha value is -3.56. The number of rotatable bonds is 6. The molecule has 1 aromatic carbocycles. The van der Waals surface area contributed by atoms with Crippen molar-refractivity contribution in [3.8, 4) is 10.4 Å². The fraction of sp³-hybridized carbons (Fsp3) is 0.130.